The van der Waals surface area contributed by atoms with Gasteiger partial charge in [0.2, 0.25) is 0 Å². The van der Waals surface area contributed by atoms with Crippen LogP contribution in [-0.4, -0.2) is 12.4 Å². The van der Waals surface area contributed by atoms with Crippen molar-refractivity contribution in [1.82, 2.24) is 0 Å². The Balaban J connectivity index is 2.58. The fourth-order valence-electron chi connectivity index (χ4n) is 2.70. The van der Waals surface area contributed by atoms with Crippen molar-refractivity contribution in [3.63, 3.8) is 0 Å². The predicted molar refractivity (Wildman–Crippen MR) is 90.4 cm³/mol. The van der Waals surface area contributed by atoms with E-state index in [2.05, 4.69) is 56.6 Å². The normalized spacial score (nSPS) is 18.3. The summed E-state index contributed by atoms with van der Waals surface area (Å²) in [7, 11) is 0. The Labute approximate surface area is 136 Å². The lowest BCUT2D eigenvalue weighted by Gasteiger charge is -2.26. The second-order valence-corrected chi connectivity index (χ2v) is 8.31. The van der Waals surface area contributed by atoms with Crippen LogP contribution in [0.25, 0.3) is 0 Å². The fourth-order valence-corrected chi connectivity index (χ4v) is 3.41. The number of carbonyl (C=O) groups is 1. The Morgan fingerprint density at radius 1 is 1.38 bits per heavy atom. The van der Waals surface area contributed by atoms with Gasteiger partial charge in [-0.15, -0.1) is 0 Å². The molecule has 21 heavy (non-hydrogen) atoms. The van der Waals surface area contributed by atoms with Crippen LogP contribution in [0.2, 0.25) is 0 Å². The van der Waals surface area contributed by atoms with Crippen LogP contribution >= 0.6 is 15.9 Å². The molecule has 1 aliphatic rings. The SMILES string of the molecule is CC(C)COc1c(C(C)(C)C)cc2c(c1Br)CC(C)C2=O. The van der Waals surface area contributed by atoms with Crippen molar-refractivity contribution in [2.75, 3.05) is 6.61 Å². The molecule has 0 N–H and O–H groups in total. The maximum atomic E-state index is 12.3. The summed E-state index contributed by atoms with van der Waals surface area (Å²) in [5.74, 6) is 1.71. The van der Waals surface area contributed by atoms with Crippen LogP contribution in [0.3, 0.4) is 0 Å². The van der Waals surface area contributed by atoms with Crippen LogP contribution in [0.5, 0.6) is 5.75 Å². The number of ketones is 1. The number of hydrogen-bond donors (Lipinski definition) is 0. The van der Waals surface area contributed by atoms with Crippen LogP contribution in [0.4, 0.5) is 0 Å². The van der Waals surface area contributed by atoms with E-state index in [0.717, 1.165) is 33.3 Å². The van der Waals surface area contributed by atoms with Crippen molar-refractivity contribution in [2.45, 2.75) is 53.4 Å². The third kappa shape index (κ3) is 3.18. The molecule has 0 heterocycles. The molecular formula is C18H25BrO2. The molecule has 0 amide bonds. The summed E-state index contributed by atoms with van der Waals surface area (Å²) in [6.45, 7) is 13.4. The molecule has 0 spiro atoms. The first-order valence-electron chi connectivity index (χ1n) is 7.65. The summed E-state index contributed by atoms with van der Waals surface area (Å²) in [4.78, 5) is 12.3. The maximum Gasteiger partial charge on any atom is 0.166 e. The summed E-state index contributed by atoms with van der Waals surface area (Å²) >= 11 is 3.70. The molecule has 1 atom stereocenters. The molecule has 3 heteroatoms. The zero-order valence-corrected chi connectivity index (χ0v) is 15.4. The van der Waals surface area contributed by atoms with Crippen molar-refractivity contribution in [3.05, 3.63) is 27.2 Å². The smallest absolute Gasteiger partial charge is 0.166 e. The lowest BCUT2D eigenvalue weighted by molar-refractivity contribution is 0.0946. The van der Waals surface area contributed by atoms with E-state index in [1.807, 2.05) is 6.92 Å². The number of fused-ring (bicyclic) bond motifs is 1. The maximum absolute atomic E-state index is 12.3. The summed E-state index contributed by atoms with van der Waals surface area (Å²) in [5.41, 5.74) is 3.03. The molecular weight excluding hydrogens is 328 g/mol. The highest BCUT2D eigenvalue weighted by molar-refractivity contribution is 9.10. The molecule has 1 unspecified atom stereocenters. The van der Waals surface area contributed by atoms with Crippen molar-refractivity contribution >= 4 is 21.7 Å². The minimum atomic E-state index is -0.0596. The lowest BCUT2D eigenvalue weighted by atomic mass is 9.84. The minimum absolute atomic E-state index is 0.0596. The Morgan fingerprint density at radius 2 is 2.00 bits per heavy atom. The molecule has 0 bridgehead atoms. The van der Waals surface area contributed by atoms with Gasteiger partial charge in [-0.3, -0.25) is 4.79 Å². The van der Waals surface area contributed by atoms with Gasteiger partial charge in [-0.1, -0.05) is 41.5 Å². The van der Waals surface area contributed by atoms with E-state index in [0.29, 0.717) is 12.5 Å². The first kappa shape index (κ1) is 16.5. The van der Waals surface area contributed by atoms with Gasteiger partial charge in [0.15, 0.2) is 5.78 Å². The van der Waals surface area contributed by atoms with Crippen LogP contribution in [0, 0.1) is 11.8 Å². The molecule has 2 nitrogen and oxygen atoms in total. The second-order valence-electron chi connectivity index (χ2n) is 7.52. The van der Waals surface area contributed by atoms with Gasteiger partial charge in [0.25, 0.3) is 0 Å². The van der Waals surface area contributed by atoms with Crippen molar-refractivity contribution < 1.29 is 9.53 Å². The molecule has 0 fully saturated rings. The van der Waals surface area contributed by atoms with Gasteiger partial charge in [0, 0.05) is 17.0 Å². The largest absolute Gasteiger partial charge is 0.492 e. The van der Waals surface area contributed by atoms with E-state index in [9.17, 15) is 4.79 Å². The molecule has 1 aromatic carbocycles. The summed E-state index contributed by atoms with van der Waals surface area (Å²) in [6.07, 6.45) is 0.803. The number of benzene rings is 1. The van der Waals surface area contributed by atoms with Gasteiger partial charge in [0.1, 0.15) is 5.75 Å². The van der Waals surface area contributed by atoms with E-state index in [-0.39, 0.29) is 17.1 Å². The topological polar surface area (TPSA) is 26.3 Å². The Bertz CT molecular complexity index is 568. The Kier molecular flexibility index (Phi) is 4.53. The molecule has 0 aliphatic heterocycles. The van der Waals surface area contributed by atoms with Crippen LogP contribution in [-0.2, 0) is 11.8 Å². The van der Waals surface area contributed by atoms with Crippen LogP contribution < -0.4 is 4.74 Å². The third-order valence-corrected chi connectivity index (χ3v) is 4.75. The standard InChI is InChI=1S/C18H25BrO2/c1-10(2)9-21-17-14(18(4,5)6)8-13-12(15(17)19)7-11(3)16(13)20/h8,10-11H,7,9H2,1-6H3. The average molecular weight is 353 g/mol. The quantitative estimate of drug-likeness (QED) is 0.751. The second kappa shape index (κ2) is 5.75. The highest BCUT2D eigenvalue weighted by atomic mass is 79.9. The molecule has 0 radical (unpaired) electrons. The molecule has 1 aliphatic carbocycles. The number of hydrogen-bond acceptors (Lipinski definition) is 2. The summed E-state index contributed by atoms with van der Waals surface area (Å²) in [5, 5.41) is 0. The first-order valence-corrected chi connectivity index (χ1v) is 8.45. The lowest BCUT2D eigenvalue weighted by Crippen LogP contribution is -2.17. The predicted octanol–water partition coefficient (Wildman–Crippen LogP) is 5.16. The third-order valence-electron chi connectivity index (χ3n) is 3.92. The summed E-state index contributed by atoms with van der Waals surface area (Å²) in [6, 6.07) is 2.06. The molecule has 0 saturated carbocycles. The van der Waals surface area contributed by atoms with Crippen molar-refractivity contribution in [2.24, 2.45) is 11.8 Å². The van der Waals surface area contributed by atoms with Crippen molar-refractivity contribution in [3.8, 4) is 5.75 Å². The van der Waals surface area contributed by atoms with E-state index in [4.69, 9.17) is 4.74 Å². The van der Waals surface area contributed by atoms with E-state index >= 15 is 0 Å². The van der Waals surface area contributed by atoms with Crippen LogP contribution in [0.15, 0.2) is 10.5 Å². The number of Topliss-reactive ketones (excluding diaryl/α,β-unsaturated/α-hetero) is 1. The average Bonchev–Trinajstić information content (AvgIpc) is 2.64. The zero-order valence-electron chi connectivity index (χ0n) is 13.8. The van der Waals surface area contributed by atoms with Gasteiger partial charge in [-0.2, -0.15) is 0 Å². The Morgan fingerprint density at radius 3 is 2.52 bits per heavy atom. The zero-order chi connectivity index (χ0) is 15.9. The van der Waals surface area contributed by atoms with E-state index in [1.54, 1.807) is 0 Å². The van der Waals surface area contributed by atoms with Gasteiger partial charge in [-0.25, -0.2) is 0 Å². The highest BCUT2D eigenvalue weighted by Crippen LogP contribution is 2.44. The van der Waals surface area contributed by atoms with Gasteiger partial charge in [0.05, 0.1) is 11.1 Å². The van der Waals surface area contributed by atoms with E-state index < -0.39 is 0 Å². The fraction of sp³-hybridized carbons (Fsp3) is 0.611. The Hall–Kier alpha value is -0.830. The monoisotopic (exact) mass is 352 g/mol. The number of carbonyl (C=O) groups excluding carboxylic acids is 1. The molecule has 0 aromatic heterocycles. The van der Waals surface area contributed by atoms with E-state index in [1.165, 1.54) is 0 Å². The number of ether oxygens (including phenoxy) is 1. The first-order chi connectivity index (χ1) is 9.62. The van der Waals surface area contributed by atoms with Crippen molar-refractivity contribution in [1.29, 1.82) is 0 Å². The van der Waals surface area contributed by atoms with Gasteiger partial charge in [-0.05, 0) is 45.3 Å². The highest BCUT2D eigenvalue weighted by Gasteiger charge is 2.34. The van der Waals surface area contributed by atoms with Gasteiger partial charge >= 0.3 is 0 Å². The van der Waals surface area contributed by atoms with Gasteiger partial charge < -0.3 is 4.74 Å². The molecule has 116 valence electrons. The van der Waals surface area contributed by atoms with Crippen LogP contribution in [0.1, 0.15) is 63.0 Å². The number of rotatable bonds is 3. The molecule has 1 aromatic rings. The molecule has 0 saturated heterocycles. The number of halogens is 1. The molecule has 2 rings (SSSR count). The minimum Gasteiger partial charge on any atom is -0.492 e. The summed E-state index contributed by atoms with van der Waals surface area (Å²) < 4.78 is 7.07.